The SMILES string of the molecule is CCOc1ccc(CNC(=O)C2CCN(S(=O)(=O)c3ccccc3)CC2)cc1OCC. The summed E-state index contributed by atoms with van der Waals surface area (Å²) < 4.78 is 38.1. The van der Waals surface area contributed by atoms with Gasteiger partial charge in [-0.1, -0.05) is 24.3 Å². The highest BCUT2D eigenvalue weighted by Gasteiger charge is 2.31. The van der Waals surface area contributed by atoms with E-state index in [-0.39, 0.29) is 11.8 Å². The number of hydrogen-bond acceptors (Lipinski definition) is 5. The summed E-state index contributed by atoms with van der Waals surface area (Å²) in [5, 5.41) is 2.97. The minimum Gasteiger partial charge on any atom is -0.490 e. The lowest BCUT2D eigenvalue weighted by Crippen LogP contribution is -2.42. The summed E-state index contributed by atoms with van der Waals surface area (Å²) in [5.41, 5.74) is 0.921. The molecular weight excluding hydrogens is 416 g/mol. The van der Waals surface area contributed by atoms with E-state index in [2.05, 4.69) is 5.32 Å². The number of rotatable bonds is 9. The van der Waals surface area contributed by atoms with Gasteiger partial charge in [-0.2, -0.15) is 4.31 Å². The van der Waals surface area contributed by atoms with Crippen LogP contribution in [0.3, 0.4) is 0 Å². The zero-order valence-electron chi connectivity index (χ0n) is 18.0. The van der Waals surface area contributed by atoms with Gasteiger partial charge in [0.25, 0.3) is 0 Å². The summed E-state index contributed by atoms with van der Waals surface area (Å²) in [6, 6.07) is 14.0. The highest BCUT2D eigenvalue weighted by atomic mass is 32.2. The van der Waals surface area contributed by atoms with Gasteiger partial charge in [-0.15, -0.1) is 0 Å². The number of piperidine rings is 1. The molecule has 0 atom stereocenters. The van der Waals surface area contributed by atoms with Gasteiger partial charge in [0, 0.05) is 25.6 Å². The minimum absolute atomic E-state index is 0.0522. The van der Waals surface area contributed by atoms with Crippen molar-refractivity contribution in [1.82, 2.24) is 9.62 Å². The van der Waals surface area contributed by atoms with Gasteiger partial charge in [-0.3, -0.25) is 4.79 Å². The van der Waals surface area contributed by atoms with E-state index in [1.54, 1.807) is 30.3 Å². The van der Waals surface area contributed by atoms with E-state index in [1.165, 1.54) is 4.31 Å². The number of hydrogen-bond donors (Lipinski definition) is 1. The largest absolute Gasteiger partial charge is 0.490 e. The normalized spacial score (nSPS) is 15.4. The maximum atomic E-state index is 12.7. The Morgan fingerprint density at radius 2 is 1.65 bits per heavy atom. The number of carbonyl (C=O) groups excluding carboxylic acids is 1. The Morgan fingerprint density at radius 3 is 2.29 bits per heavy atom. The first kappa shape index (κ1) is 23.1. The van der Waals surface area contributed by atoms with E-state index in [9.17, 15) is 13.2 Å². The van der Waals surface area contributed by atoms with Crippen LogP contribution in [-0.2, 0) is 21.4 Å². The van der Waals surface area contributed by atoms with Crippen LogP contribution in [0.15, 0.2) is 53.4 Å². The van der Waals surface area contributed by atoms with Crippen LogP contribution in [0, 0.1) is 5.92 Å². The molecule has 1 N–H and O–H groups in total. The molecule has 1 heterocycles. The molecule has 3 rings (SSSR count). The number of carbonyl (C=O) groups is 1. The van der Waals surface area contributed by atoms with Crippen LogP contribution >= 0.6 is 0 Å². The van der Waals surface area contributed by atoms with E-state index in [0.717, 1.165) is 5.56 Å². The third kappa shape index (κ3) is 5.77. The number of amides is 1. The zero-order valence-corrected chi connectivity index (χ0v) is 18.9. The summed E-state index contributed by atoms with van der Waals surface area (Å²) in [7, 11) is -3.51. The van der Waals surface area contributed by atoms with E-state index in [0.29, 0.717) is 62.1 Å². The van der Waals surface area contributed by atoms with Crippen LogP contribution < -0.4 is 14.8 Å². The van der Waals surface area contributed by atoms with Crippen molar-refractivity contribution in [3.63, 3.8) is 0 Å². The van der Waals surface area contributed by atoms with E-state index < -0.39 is 10.0 Å². The molecule has 0 radical (unpaired) electrons. The maximum Gasteiger partial charge on any atom is 0.243 e. The minimum atomic E-state index is -3.51. The molecule has 0 unspecified atom stereocenters. The second-order valence-electron chi connectivity index (χ2n) is 7.36. The molecule has 0 spiro atoms. The Labute approximate surface area is 184 Å². The molecule has 0 aliphatic carbocycles. The Kier molecular flexibility index (Phi) is 7.92. The molecule has 1 aliphatic heterocycles. The van der Waals surface area contributed by atoms with Crippen molar-refractivity contribution >= 4 is 15.9 Å². The predicted octanol–water partition coefficient (Wildman–Crippen LogP) is 3.20. The number of ether oxygens (including phenoxy) is 2. The molecule has 2 aromatic rings. The average molecular weight is 447 g/mol. The van der Waals surface area contributed by atoms with Crippen LogP contribution in [0.2, 0.25) is 0 Å². The lowest BCUT2D eigenvalue weighted by atomic mass is 9.97. The summed E-state index contributed by atoms with van der Waals surface area (Å²) in [5.74, 6) is 1.10. The van der Waals surface area contributed by atoms with Gasteiger partial charge in [0.05, 0.1) is 18.1 Å². The summed E-state index contributed by atoms with van der Waals surface area (Å²) in [6.07, 6.45) is 1.01. The number of benzene rings is 2. The molecule has 0 saturated carbocycles. The van der Waals surface area contributed by atoms with Crippen molar-refractivity contribution in [2.75, 3.05) is 26.3 Å². The third-order valence-corrected chi connectivity index (χ3v) is 7.19. The Balaban J connectivity index is 1.54. The fourth-order valence-electron chi connectivity index (χ4n) is 3.64. The molecule has 1 aliphatic rings. The van der Waals surface area contributed by atoms with E-state index in [1.807, 2.05) is 32.0 Å². The predicted molar refractivity (Wildman–Crippen MR) is 119 cm³/mol. The molecule has 8 heteroatoms. The second kappa shape index (κ2) is 10.6. The first-order valence-electron chi connectivity index (χ1n) is 10.7. The summed E-state index contributed by atoms with van der Waals surface area (Å²) in [4.78, 5) is 12.9. The van der Waals surface area contributed by atoms with Crippen molar-refractivity contribution in [2.24, 2.45) is 5.92 Å². The highest BCUT2D eigenvalue weighted by Crippen LogP contribution is 2.29. The zero-order chi connectivity index (χ0) is 22.3. The third-order valence-electron chi connectivity index (χ3n) is 5.28. The summed E-state index contributed by atoms with van der Waals surface area (Å²) in [6.45, 7) is 5.97. The molecule has 1 fully saturated rings. The molecule has 1 amide bonds. The first-order valence-corrected chi connectivity index (χ1v) is 12.1. The Morgan fingerprint density at radius 1 is 1.00 bits per heavy atom. The fraction of sp³-hybridized carbons (Fsp3) is 0.435. The van der Waals surface area contributed by atoms with Gasteiger partial charge >= 0.3 is 0 Å². The standard InChI is InChI=1S/C23H30N2O5S/c1-3-29-21-11-10-18(16-22(21)30-4-2)17-24-23(26)19-12-14-25(15-13-19)31(27,28)20-8-6-5-7-9-20/h5-11,16,19H,3-4,12-15,17H2,1-2H3,(H,24,26). The lowest BCUT2D eigenvalue weighted by molar-refractivity contribution is -0.126. The molecule has 2 aromatic carbocycles. The summed E-state index contributed by atoms with van der Waals surface area (Å²) >= 11 is 0. The van der Waals surface area contributed by atoms with Gasteiger partial charge in [0.2, 0.25) is 15.9 Å². The second-order valence-corrected chi connectivity index (χ2v) is 9.29. The molecule has 7 nitrogen and oxygen atoms in total. The van der Waals surface area contributed by atoms with Crippen LogP contribution in [0.4, 0.5) is 0 Å². The quantitative estimate of drug-likeness (QED) is 0.639. The fourth-order valence-corrected chi connectivity index (χ4v) is 5.13. The Bertz CT molecular complexity index is 971. The van der Waals surface area contributed by atoms with Crippen molar-refractivity contribution in [3.05, 3.63) is 54.1 Å². The van der Waals surface area contributed by atoms with Crippen LogP contribution in [0.5, 0.6) is 11.5 Å². The topological polar surface area (TPSA) is 84.9 Å². The molecule has 0 aromatic heterocycles. The number of nitrogens with zero attached hydrogens (tertiary/aromatic N) is 1. The molecule has 168 valence electrons. The first-order chi connectivity index (χ1) is 15.0. The molecule has 1 saturated heterocycles. The van der Waals surface area contributed by atoms with Gasteiger partial charge in [-0.05, 0) is 56.5 Å². The smallest absolute Gasteiger partial charge is 0.243 e. The van der Waals surface area contributed by atoms with E-state index >= 15 is 0 Å². The monoisotopic (exact) mass is 446 g/mol. The lowest BCUT2D eigenvalue weighted by Gasteiger charge is -2.30. The average Bonchev–Trinajstić information content (AvgIpc) is 2.80. The van der Waals surface area contributed by atoms with E-state index in [4.69, 9.17) is 9.47 Å². The van der Waals surface area contributed by atoms with Crippen LogP contribution in [0.1, 0.15) is 32.3 Å². The van der Waals surface area contributed by atoms with Crippen molar-refractivity contribution in [2.45, 2.75) is 38.1 Å². The highest BCUT2D eigenvalue weighted by molar-refractivity contribution is 7.89. The van der Waals surface area contributed by atoms with Gasteiger partial charge in [0.1, 0.15) is 0 Å². The van der Waals surface area contributed by atoms with Crippen LogP contribution in [-0.4, -0.2) is 44.9 Å². The number of sulfonamides is 1. The van der Waals surface area contributed by atoms with Crippen molar-refractivity contribution in [1.29, 1.82) is 0 Å². The molecule has 31 heavy (non-hydrogen) atoms. The van der Waals surface area contributed by atoms with Gasteiger partial charge in [-0.25, -0.2) is 8.42 Å². The van der Waals surface area contributed by atoms with Crippen molar-refractivity contribution in [3.8, 4) is 11.5 Å². The number of nitrogens with one attached hydrogen (secondary N) is 1. The van der Waals surface area contributed by atoms with Gasteiger partial charge < -0.3 is 14.8 Å². The van der Waals surface area contributed by atoms with Crippen LogP contribution in [0.25, 0.3) is 0 Å². The van der Waals surface area contributed by atoms with Gasteiger partial charge in [0.15, 0.2) is 11.5 Å². The maximum absolute atomic E-state index is 12.7. The Hall–Kier alpha value is -2.58. The molecular formula is C23H30N2O5S. The molecule has 0 bridgehead atoms. The van der Waals surface area contributed by atoms with Crippen molar-refractivity contribution < 1.29 is 22.7 Å².